The molecule has 4 heteroatoms. The van der Waals surface area contributed by atoms with E-state index in [2.05, 4.69) is 4.74 Å². The monoisotopic (exact) mass is 232 g/mol. The van der Waals surface area contributed by atoms with Gasteiger partial charge in [0.25, 0.3) is 0 Å². The highest BCUT2D eigenvalue weighted by molar-refractivity contribution is 5.30. The van der Waals surface area contributed by atoms with Crippen LogP contribution in [0.3, 0.4) is 0 Å². The lowest BCUT2D eigenvalue weighted by molar-refractivity contribution is -0.274. The molecule has 90 valence electrons. The van der Waals surface area contributed by atoms with Crippen LogP contribution >= 0.6 is 0 Å². The van der Waals surface area contributed by atoms with E-state index in [0.717, 1.165) is 5.56 Å². The first-order valence-electron chi connectivity index (χ1n) is 5.15. The Balaban J connectivity index is 2.87. The summed E-state index contributed by atoms with van der Waals surface area (Å²) >= 11 is 0. The molecule has 16 heavy (non-hydrogen) atoms. The zero-order chi connectivity index (χ0) is 12.3. The third kappa shape index (κ3) is 3.76. The lowest BCUT2D eigenvalue weighted by Gasteiger charge is -2.17. The predicted octanol–water partition coefficient (Wildman–Crippen LogP) is 4.34. The van der Waals surface area contributed by atoms with Crippen molar-refractivity contribution in [2.45, 2.75) is 33.1 Å². The second kappa shape index (κ2) is 4.76. The van der Waals surface area contributed by atoms with E-state index in [-0.39, 0.29) is 11.7 Å². The van der Waals surface area contributed by atoms with E-state index >= 15 is 0 Å². The van der Waals surface area contributed by atoms with Crippen LogP contribution < -0.4 is 4.74 Å². The third-order valence-electron chi connectivity index (χ3n) is 2.62. The second-order valence-corrected chi connectivity index (χ2v) is 4.15. The van der Waals surface area contributed by atoms with Gasteiger partial charge in [-0.25, -0.2) is 0 Å². The Morgan fingerprint density at radius 2 is 1.75 bits per heavy atom. The summed E-state index contributed by atoms with van der Waals surface area (Å²) in [5.74, 6) is 0.426. The van der Waals surface area contributed by atoms with Crippen LogP contribution in [0.5, 0.6) is 5.75 Å². The van der Waals surface area contributed by atoms with Crippen LogP contribution in [-0.2, 0) is 0 Å². The highest BCUT2D eigenvalue weighted by atomic mass is 19.4. The molecule has 0 heterocycles. The summed E-state index contributed by atoms with van der Waals surface area (Å²) in [4.78, 5) is 0. The van der Waals surface area contributed by atoms with Crippen molar-refractivity contribution in [2.24, 2.45) is 5.92 Å². The molecular weight excluding hydrogens is 217 g/mol. The molecule has 1 atom stereocenters. The summed E-state index contributed by atoms with van der Waals surface area (Å²) in [5.41, 5.74) is 0.858. The predicted molar refractivity (Wildman–Crippen MR) is 56.4 cm³/mol. The van der Waals surface area contributed by atoms with E-state index in [4.69, 9.17) is 0 Å². The van der Waals surface area contributed by atoms with E-state index < -0.39 is 6.36 Å². The SMILES string of the molecule is CC(C)[C@@H](C)c1cccc(OC(F)(F)F)c1. The van der Waals surface area contributed by atoms with Crippen molar-refractivity contribution in [3.8, 4) is 5.75 Å². The van der Waals surface area contributed by atoms with Crippen LogP contribution in [0.25, 0.3) is 0 Å². The van der Waals surface area contributed by atoms with E-state index in [1.54, 1.807) is 6.07 Å². The first-order valence-corrected chi connectivity index (χ1v) is 5.15. The highest BCUT2D eigenvalue weighted by Crippen LogP contribution is 2.29. The highest BCUT2D eigenvalue weighted by Gasteiger charge is 2.31. The molecule has 0 aliphatic rings. The number of hydrogen-bond donors (Lipinski definition) is 0. The lowest BCUT2D eigenvalue weighted by atomic mass is 9.90. The smallest absolute Gasteiger partial charge is 0.406 e. The number of halogens is 3. The van der Waals surface area contributed by atoms with Crippen LogP contribution in [0.2, 0.25) is 0 Å². The Morgan fingerprint density at radius 3 is 2.25 bits per heavy atom. The van der Waals surface area contributed by atoms with Gasteiger partial charge in [0, 0.05) is 0 Å². The molecule has 0 N–H and O–H groups in total. The zero-order valence-corrected chi connectivity index (χ0v) is 9.51. The van der Waals surface area contributed by atoms with E-state index in [9.17, 15) is 13.2 Å². The zero-order valence-electron chi connectivity index (χ0n) is 9.51. The Hall–Kier alpha value is -1.19. The summed E-state index contributed by atoms with van der Waals surface area (Å²) < 4.78 is 39.9. The Morgan fingerprint density at radius 1 is 1.12 bits per heavy atom. The van der Waals surface area contributed by atoms with Gasteiger partial charge in [-0.2, -0.15) is 0 Å². The Bertz CT molecular complexity index is 344. The van der Waals surface area contributed by atoms with Gasteiger partial charge in [-0.1, -0.05) is 32.9 Å². The lowest BCUT2D eigenvalue weighted by Crippen LogP contribution is -2.17. The first-order chi connectivity index (χ1) is 7.29. The molecule has 1 aromatic rings. The minimum Gasteiger partial charge on any atom is -0.406 e. The molecule has 1 nitrogen and oxygen atoms in total. The van der Waals surface area contributed by atoms with E-state index in [1.165, 1.54) is 12.1 Å². The van der Waals surface area contributed by atoms with Crippen LogP contribution in [0.4, 0.5) is 13.2 Å². The van der Waals surface area contributed by atoms with Crippen LogP contribution in [0.15, 0.2) is 24.3 Å². The quantitative estimate of drug-likeness (QED) is 0.753. The number of rotatable bonds is 3. The Kier molecular flexibility index (Phi) is 3.83. The van der Waals surface area contributed by atoms with Gasteiger partial charge < -0.3 is 4.74 Å². The fourth-order valence-corrected chi connectivity index (χ4v) is 1.38. The van der Waals surface area contributed by atoms with Crippen molar-refractivity contribution < 1.29 is 17.9 Å². The molecule has 0 saturated carbocycles. The molecule has 1 aromatic carbocycles. The molecule has 0 radical (unpaired) electrons. The van der Waals surface area contributed by atoms with Gasteiger partial charge in [-0.05, 0) is 29.5 Å². The number of ether oxygens (including phenoxy) is 1. The van der Waals surface area contributed by atoms with Crippen molar-refractivity contribution in [3.05, 3.63) is 29.8 Å². The molecular formula is C12H15F3O. The van der Waals surface area contributed by atoms with Crippen LogP contribution in [0, 0.1) is 5.92 Å². The number of hydrogen-bond acceptors (Lipinski definition) is 1. The summed E-state index contributed by atoms with van der Waals surface area (Å²) in [5, 5.41) is 0. The van der Waals surface area contributed by atoms with Crippen molar-refractivity contribution >= 4 is 0 Å². The minimum atomic E-state index is -4.63. The molecule has 0 bridgehead atoms. The molecule has 0 aliphatic heterocycles. The van der Waals surface area contributed by atoms with Gasteiger partial charge >= 0.3 is 6.36 Å². The summed E-state index contributed by atoms with van der Waals surface area (Å²) in [6, 6.07) is 6.14. The third-order valence-corrected chi connectivity index (χ3v) is 2.62. The van der Waals surface area contributed by atoms with Crippen LogP contribution in [-0.4, -0.2) is 6.36 Å². The van der Waals surface area contributed by atoms with Gasteiger partial charge in [-0.15, -0.1) is 13.2 Å². The van der Waals surface area contributed by atoms with Gasteiger partial charge in [0.2, 0.25) is 0 Å². The normalized spacial score (nSPS) is 13.9. The fraction of sp³-hybridized carbons (Fsp3) is 0.500. The molecule has 0 amide bonds. The van der Waals surface area contributed by atoms with Crippen molar-refractivity contribution in [1.29, 1.82) is 0 Å². The van der Waals surface area contributed by atoms with E-state index in [1.807, 2.05) is 26.8 Å². The van der Waals surface area contributed by atoms with Crippen molar-refractivity contribution in [3.63, 3.8) is 0 Å². The molecule has 0 unspecified atom stereocenters. The fourth-order valence-electron chi connectivity index (χ4n) is 1.38. The Labute approximate surface area is 93.2 Å². The maximum absolute atomic E-state index is 12.0. The van der Waals surface area contributed by atoms with E-state index in [0.29, 0.717) is 5.92 Å². The van der Waals surface area contributed by atoms with Crippen molar-refractivity contribution in [2.75, 3.05) is 0 Å². The molecule has 0 saturated heterocycles. The maximum Gasteiger partial charge on any atom is 0.573 e. The largest absolute Gasteiger partial charge is 0.573 e. The minimum absolute atomic E-state index is 0.155. The molecule has 1 rings (SSSR count). The van der Waals surface area contributed by atoms with Gasteiger partial charge in [0.15, 0.2) is 0 Å². The second-order valence-electron chi connectivity index (χ2n) is 4.15. The van der Waals surface area contributed by atoms with Gasteiger partial charge in [0.05, 0.1) is 0 Å². The average molecular weight is 232 g/mol. The number of alkyl halides is 3. The average Bonchev–Trinajstić information content (AvgIpc) is 2.14. The summed E-state index contributed by atoms with van der Waals surface area (Å²) in [6.45, 7) is 6.04. The molecule has 0 aliphatic carbocycles. The number of benzene rings is 1. The topological polar surface area (TPSA) is 9.23 Å². The van der Waals surface area contributed by atoms with Gasteiger partial charge in [-0.3, -0.25) is 0 Å². The van der Waals surface area contributed by atoms with Crippen LogP contribution in [0.1, 0.15) is 32.3 Å². The molecule has 0 aromatic heterocycles. The van der Waals surface area contributed by atoms with Gasteiger partial charge in [0.1, 0.15) is 5.75 Å². The molecule has 0 spiro atoms. The summed E-state index contributed by atoms with van der Waals surface area (Å²) in [6.07, 6.45) is -4.63. The maximum atomic E-state index is 12.0. The van der Waals surface area contributed by atoms with Crippen molar-refractivity contribution in [1.82, 2.24) is 0 Å². The first kappa shape index (κ1) is 12.9. The standard InChI is InChI=1S/C12H15F3O/c1-8(2)9(3)10-5-4-6-11(7-10)16-12(13,14)15/h4-9H,1-3H3/t9-/m1/s1. The summed E-state index contributed by atoms with van der Waals surface area (Å²) in [7, 11) is 0. The molecule has 0 fully saturated rings.